The first-order valence-corrected chi connectivity index (χ1v) is 12.0. The van der Waals surface area contributed by atoms with E-state index in [1.54, 1.807) is 0 Å². The van der Waals surface area contributed by atoms with Gasteiger partial charge in [0.2, 0.25) is 0 Å². The number of benzene rings is 3. The van der Waals surface area contributed by atoms with Gasteiger partial charge in [-0.25, -0.2) is 4.99 Å². The summed E-state index contributed by atoms with van der Waals surface area (Å²) in [7, 11) is 0. The number of fused-ring (bicyclic) bond motifs is 4. The van der Waals surface area contributed by atoms with Gasteiger partial charge in [-0.2, -0.15) is 4.99 Å². The van der Waals surface area contributed by atoms with Crippen LogP contribution in [0, 0.1) is 0 Å². The van der Waals surface area contributed by atoms with Crippen molar-refractivity contribution < 1.29 is 9.59 Å². The molecule has 1 N–H and O–H groups in total. The number of carbonyl (C=O) groups is 2. The lowest BCUT2D eigenvalue weighted by Crippen LogP contribution is -2.44. The Balaban J connectivity index is 1.34. The minimum Gasteiger partial charge on any atom is -0.361 e. The number of aromatic amines is 1. The van der Waals surface area contributed by atoms with Crippen LogP contribution >= 0.6 is 11.8 Å². The number of hydrogen-bond acceptors (Lipinski definition) is 5. The molecule has 1 amide bonds. The highest BCUT2D eigenvalue weighted by Crippen LogP contribution is 2.35. The summed E-state index contributed by atoms with van der Waals surface area (Å²) in [6.45, 7) is 0. The van der Waals surface area contributed by atoms with Gasteiger partial charge in [0.1, 0.15) is 11.9 Å². The number of carbonyl (C=O) groups excluding carboxylic acids is 2. The van der Waals surface area contributed by atoms with E-state index in [1.165, 1.54) is 11.8 Å². The molecular formula is C27H20N4O2S. The summed E-state index contributed by atoms with van der Waals surface area (Å²) in [5.74, 6) is 0.655. The van der Waals surface area contributed by atoms with Gasteiger partial charge in [0.15, 0.2) is 11.0 Å². The van der Waals surface area contributed by atoms with Crippen molar-refractivity contribution in [1.82, 2.24) is 9.88 Å². The second-order valence-corrected chi connectivity index (χ2v) is 9.15. The molecule has 2 aliphatic heterocycles. The number of ketones is 1. The summed E-state index contributed by atoms with van der Waals surface area (Å²) in [5, 5.41) is 1.71. The molecule has 1 aromatic heterocycles. The number of nitrogens with one attached hydrogen (secondary N) is 1. The molecule has 166 valence electrons. The maximum atomic E-state index is 13.1. The lowest BCUT2D eigenvalue weighted by Gasteiger charge is -2.31. The molecule has 1 atom stereocenters. The fraction of sp³-hybridized carbons (Fsp3) is 0.111. The summed E-state index contributed by atoms with van der Waals surface area (Å²) in [4.78, 5) is 40.4. The SMILES string of the molecule is O=C(CSC1=Nc2ccccc2C2=NC(=O)C(Cc3c[nH]c4ccccc34)N12)c1ccccc1. The molecule has 6 nitrogen and oxygen atoms in total. The van der Waals surface area contributed by atoms with Gasteiger partial charge in [0.25, 0.3) is 5.91 Å². The van der Waals surface area contributed by atoms with E-state index >= 15 is 0 Å². The summed E-state index contributed by atoms with van der Waals surface area (Å²) < 4.78 is 0. The molecule has 6 rings (SSSR count). The number of aromatic nitrogens is 1. The van der Waals surface area contributed by atoms with Gasteiger partial charge in [-0.15, -0.1) is 0 Å². The van der Waals surface area contributed by atoms with Gasteiger partial charge in [0, 0.05) is 34.6 Å². The van der Waals surface area contributed by atoms with Crippen molar-refractivity contribution in [1.29, 1.82) is 0 Å². The third kappa shape index (κ3) is 3.54. The Bertz CT molecular complexity index is 1490. The maximum Gasteiger partial charge on any atom is 0.271 e. The van der Waals surface area contributed by atoms with E-state index in [9.17, 15) is 9.59 Å². The normalized spacial score (nSPS) is 16.8. The molecule has 0 bridgehead atoms. The van der Waals surface area contributed by atoms with Crippen molar-refractivity contribution in [2.45, 2.75) is 12.5 Å². The van der Waals surface area contributed by atoms with Crippen LogP contribution in [0.1, 0.15) is 21.5 Å². The van der Waals surface area contributed by atoms with Crippen LogP contribution in [0.3, 0.4) is 0 Å². The lowest BCUT2D eigenvalue weighted by molar-refractivity contribution is -0.119. The molecule has 0 saturated heterocycles. The lowest BCUT2D eigenvalue weighted by atomic mass is 10.0. The van der Waals surface area contributed by atoms with Gasteiger partial charge in [-0.1, -0.05) is 72.4 Å². The molecule has 0 saturated carbocycles. The largest absolute Gasteiger partial charge is 0.361 e. The summed E-state index contributed by atoms with van der Waals surface area (Å²) in [6, 6.07) is 24.4. The Morgan fingerprint density at radius 3 is 2.59 bits per heavy atom. The summed E-state index contributed by atoms with van der Waals surface area (Å²) in [6.07, 6.45) is 2.45. The van der Waals surface area contributed by atoms with E-state index in [0.717, 1.165) is 27.7 Å². The third-order valence-electron chi connectivity index (χ3n) is 6.12. The van der Waals surface area contributed by atoms with E-state index in [1.807, 2.05) is 83.9 Å². The first-order chi connectivity index (χ1) is 16.7. The smallest absolute Gasteiger partial charge is 0.271 e. The molecule has 3 heterocycles. The van der Waals surface area contributed by atoms with Gasteiger partial charge in [-0.3, -0.25) is 14.5 Å². The number of aliphatic imine (C=N–C) groups is 2. The van der Waals surface area contributed by atoms with Crippen LogP contribution < -0.4 is 0 Å². The standard InChI is InChI=1S/C27H20N4O2S/c32-24(17-8-2-1-3-9-17)16-34-27-29-22-13-7-5-11-20(22)25-30-26(33)23(31(25)27)14-18-15-28-21-12-6-4-10-19(18)21/h1-13,15,23,28H,14,16H2. The van der Waals surface area contributed by atoms with Crippen molar-refractivity contribution in [3.05, 3.63) is 102 Å². The first kappa shape index (κ1) is 20.6. The summed E-state index contributed by atoms with van der Waals surface area (Å²) in [5.41, 5.74) is 4.33. The first-order valence-electron chi connectivity index (χ1n) is 11.0. The molecule has 34 heavy (non-hydrogen) atoms. The zero-order valence-electron chi connectivity index (χ0n) is 18.1. The highest BCUT2D eigenvalue weighted by Gasteiger charge is 2.42. The van der Waals surface area contributed by atoms with Crippen molar-refractivity contribution >= 4 is 51.0 Å². The molecule has 4 aromatic rings. The monoisotopic (exact) mass is 464 g/mol. The van der Waals surface area contributed by atoms with E-state index in [0.29, 0.717) is 23.0 Å². The zero-order valence-corrected chi connectivity index (χ0v) is 19.0. The minimum atomic E-state index is -0.513. The predicted molar refractivity (Wildman–Crippen MR) is 136 cm³/mol. The number of amides is 1. The Kier molecular flexibility index (Phi) is 5.11. The van der Waals surface area contributed by atoms with E-state index in [4.69, 9.17) is 4.99 Å². The van der Waals surface area contributed by atoms with Gasteiger partial charge < -0.3 is 4.98 Å². The Morgan fingerprint density at radius 2 is 1.71 bits per heavy atom. The zero-order chi connectivity index (χ0) is 23.1. The average molecular weight is 465 g/mol. The van der Waals surface area contributed by atoms with Gasteiger partial charge in [-0.05, 0) is 23.8 Å². The average Bonchev–Trinajstić information content (AvgIpc) is 3.44. The van der Waals surface area contributed by atoms with Crippen molar-refractivity contribution in [3.8, 4) is 0 Å². The molecule has 0 aliphatic carbocycles. The number of para-hydroxylation sites is 2. The Labute approximate surface area is 200 Å². The number of Topliss-reactive ketones (excluding diaryl/α,β-unsaturated/α-hetero) is 1. The number of H-pyrrole nitrogens is 1. The highest BCUT2D eigenvalue weighted by molar-refractivity contribution is 8.14. The third-order valence-corrected chi connectivity index (χ3v) is 7.08. The molecule has 2 aliphatic rings. The Morgan fingerprint density at radius 1 is 0.941 bits per heavy atom. The highest BCUT2D eigenvalue weighted by atomic mass is 32.2. The number of hydrogen-bond donors (Lipinski definition) is 1. The van der Waals surface area contributed by atoms with Crippen molar-refractivity contribution in [2.75, 3.05) is 5.75 Å². The molecule has 3 aromatic carbocycles. The number of rotatable bonds is 5. The molecule has 0 fully saturated rings. The molecule has 0 spiro atoms. The predicted octanol–water partition coefficient (Wildman–Crippen LogP) is 4.99. The topological polar surface area (TPSA) is 77.9 Å². The molecule has 7 heteroatoms. The van der Waals surface area contributed by atoms with Gasteiger partial charge >= 0.3 is 0 Å². The van der Waals surface area contributed by atoms with E-state index in [-0.39, 0.29) is 17.4 Å². The van der Waals surface area contributed by atoms with Crippen LogP contribution in [-0.4, -0.2) is 44.4 Å². The van der Waals surface area contributed by atoms with Crippen molar-refractivity contribution in [3.63, 3.8) is 0 Å². The fourth-order valence-corrected chi connectivity index (χ4v) is 5.39. The second kappa shape index (κ2) is 8.43. The van der Waals surface area contributed by atoms with Crippen LogP contribution in [-0.2, 0) is 11.2 Å². The van der Waals surface area contributed by atoms with Crippen LogP contribution in [0.15, 0.2) is 95.0 Å². The number of amidine groups is 2. The maximum absolute atomic E-state index is 13.1. The van der Waals surface area contributed by atoms with Crippen LogP contribution in [0.5, 0.6) is 0 Å². The van der Waals surface area contributed by atoms with Crippen LogP contribution in [0.25, 0.3) is 10.9 Å². The van der Waals surface area contributed by atoms with Gasteiger partial charge in [0.05, 0.1) is 11.4 Å². The number of thioether (sulfide) groups is 1. The molecule has 0 radical (unpaired) electrons. The molecule has 1 unspecified atom stereocenters. The minimum absolute atomic E-state index is 0.0179. The fourth-order valence-electron chi connectivity index (χ4n) is 4.45. The Hall–Kier alpha value is -3.97. The summed E-state index contributed by atoms with van der Waals surface area (Å²) >= 11 is 1.35. The van der Waals surface area contributed by atoms with Crippen LogP contribution in [0.2, 0.25) is 0 Å². The van der Waals surface area contributed by atoms with E-state index in [2.05, 4.69) is 16.0 Å². The van der Waals surface area contributed by atoms with Crippen LogP contribution in [0.4, 0.5) is 5.69 Å². The quantitative estimate of drug-likeness (QED) is 0.422. The number of nitrogens with zero attached hydrogens (tertiary/aromatic N) is 3. The van der Waals surface area contributed by atoms with E-state index < -0.39 is 6.04 Å². The van der Waals surface area contributed by atoms with Crippen molar-refractivity contribution in [2.24, 2.45) is 9.98 Å². The molecular weight excluding hydrogens is 444 g/mol. The second-order valence-electron chi connectivity index (χ2n) is 8.21.